The molecule has 7 rings (SSSR count). The summed E-state index contributed by atoms with van der Waals surface area (Å²) in [4.78, 5) is 0. The molecule has 6 aromatic carbocycles. The second-order valence-electron chi connectivity index (χ2n) is 10.5. The van der Waals surface area contributed by atoms with E-state index in [1.165, 1.54) is 0 Å². The monoisotopic (exact) mass is 628 g/mol. The number of hydrogen-bond donors (Lipinski definition) is 0. The molecule has 0 atom stereocenters. The lowest BCUT2D eigenvalue weighted by molar-refractivity contribution is 0.268. The summed E-state index contributed by atoms with van der Waals surface area (Å²) < 4.78 is 23.3. The van der Waals surface area contributed by atoms with Crippen LogP contribution in [-0.2, 0) is 12.3 Å². The Labute approximate surface area is 260 Å². The standard InChI is InChI=1S/C36H29ClO3Si3/c37-35-28-16-17-29-36(35)43(34-26-14-5-15-27-34)39-41(30-18-6-1-7-19-30,31-20-8-2-9-21-31)38-42(40-43,32-22-10-3-11-23-32)33-24-12-4-13-25-33/h1-29H. The van der Waals surface area contributed by atoms with E-state index in [-0.39, 0.29) is 0 Å². The summed E-state index contributed by atoms with van der Waals surface area (Å²) in [5.74, 6) is 0. The Balaban J connectivity index is 1.66. The van der Waals surface area contributed by atoms with Gasteiger partial charge in [-0.3, -0.25) is 0 Å². The fourth-order valence-corrected chi connectivity index (χ4v) is 23.3. The van der Waals surface area contributed by atoms with E-state index in [0.717, 1.165) is 31.1 Å². The Kier molecular flexibility index (Phi) is 7.58. The molecule has 0 N–H and O–H groups in total. The molecule has 0 saturated carbocycles. The molecule has 0 amide bonds. The minimum Gasteiger partial charge on any atom is -0.402 e. The molecule has 210 valence electrons. The summed E-state index contributed by atoms with van der Waals surface area (Å²) in [6.07, 6.45) is 0. The molecule has 0 aliphatic carbocycles. The highest BCUT2D eigenvalue weighted by molar-refractivity contribution is 7.16. The van der Waals surface area contributed by atoms with E-state index in [1.807, 2.05) is 60.7 Å². The maximum Gasteiger partial charge on any atom is 0.391 e. The predicted molar refractivity (Wildman–Crippen MR) is 182 cm³/mol. The summed E-state index contributed by atoms with van der Waals surface area (Å²) in [5, 5.41) is 6.56. The molecule has 0 bridgehead atoms. The fraction of sp³-hybridized carbons (Fsp3) is 0. The lowest BCUT2D eigenvalue weighted by Crippen LogP contribution is -2.88. The van der Waals surface area contributed by atoms with Crippen molar-refractivity contribution in [2.75, 3.05) is 0 Å². The Morgan fingerprint density at radius 1 is 0.302 bits per heavy atom. The van der Waals surface area contributed by atoms with Crippen molar-refractivity contribution in [2.45, 2.75) is 0 Å². The van der Waals surface area contributed by atoms with Gasteiger partial charge in [-0.25, -0.2) is 0 Å². The van der Waals surface area contributed by atoms with Gasteiger partial charge in [0.2, 0.25) is 0 Å². The molecule has 3 nitrogen and oxygen atoms in total. The normalized spacial score (nSPS) is 16.8. The van der Waals surface area contributed by atoms with Crippen LogP contribution in [0.5, 0.6) is 0 Å². The molecule has 1 fully saturated rings. The van der Waals surface area contributed by atoms with E-state index in [4.69, 9.17) is 23.9 Å². The molecule has 0 unspecified atom stereocenters. The van der Waals surface area contributed by atoms with Crippen molar-refractivity contribution in [1.82, 2.24) is 0 Å². The third-order valence-corrected chi connectivity index (χ3v) is 21.9. The van der Waals surface area contributed by atoms with Crippen molar-refractivity contribution in [3.05, 3.63) is 181 Å². The third kappa shape index (κ3) is 4.87. The van der Waals surface area contributed by atoms with Gasteiger partial charge in [0.1, 0.15) is 0 Å². The zero-order valence-electron chi connectivity index (χ0n) is 23.3. The van der Waals surface area contributed by atoms with Crippen LogP contribution >= 0.6 is 11.6 Å². The molecule has 1 aliphatic rings. The lowest BCUT2D eigenvalue weighted by Gasteiger charge is -2.53. The van der Waals surface area contributed by atoms with E-state index in [9.17, 15) is 0 Å². The first kappa shape index (κ1) is 27.9. The second-order valence-corrected chi connectivity index (χ2v) is 20.4. The van der Waals surface area contributed by atoms with Crippen LogP contribution < -0.4 is 31.1 Å². The molecule has 6 aromatic rings. The first-order valence-electron chi connectivity index (χ1n) is 14.3. The highest BCUT2D eigenvalue weighted by atomic mass is 35.5. The summed E-state index contributed by atoms with van der Waals surface area (Å²) in [5.41, 5.74) is 0. The average molecular weight is 629 g/mol. The van der Waals surface area contributed by atoms with E-state index in [0.29, 0.717) is 5.02 Å². The number of halogens is 1. The van der Waals surface area contributed by atoms with Crippen molar-refractivity contribution < 1.29 is 12.3 Å². The van der Waals surface area contributed by atoms with E-state index < -0.39 is 25.7 Å². The number of rotatable bonds is 6. The molecule has 1 heterocycles. The van der Waals surface area contributed by atoms with Crippen LogP contribution in [-0.4, -0.2) is 25.7 Å². The van der Waals surface area contributed by atoms with Gasteiger partial charge in [-0.1, -0.05) is 181 Å². The molecule has 0 aromatic heterocycles. The van der Waals surface area contributed by atoms with Gasteiger partial charge in [0.15, 0.2) is 0 Å². The Hall–Kier alpha value is -3.86. The maximum absolute atomic E-state index is 7.77. The van der Waals surface area contributed by atoms with Gasteiger partial charge in [0.05, 0.1) is 0 Å². The minimum absolute atomic E-state index is 0.618. The predicted octanol–water partition coefficient (Wildman–Crippen LogP) is 4.47. The molecule has 1 saturated heterocycles. The average Bonchev–Trinajstić information content (AvgIpc) is 3.10. The van der Waals surface area contributed by atoms with Gasteiger partial charge in [-0.2, -0.15) is 0 Å². The largest absolute Gasteiger partial charge is 0.402 e. The van der Waals surface area contributed by atoms with E-state index >= 15 is 0 Å². The van der Waals surface area contributed by atoms with Crippen LogP contribution in [0.15, 0.2) is 176 Å². The van der Waals surface area contributed by atoms with Crippen molar-refractivity contribution >= 4 is 68.4 Å². The van der Waals surface area contributed by atoms with Crippen LogP contribution in [0.25, 0.3) is 0 Å². The Morgan fingerprint density at radius 2 is 0.558 bits per heavy atom. The summed E-state index contributed by atoms with van der Waals surface area (Å²) >= 11 is 7.13. The van der Waals surface area contributed by atoms with E-state index in [1.54, 1.807) is 0 Å². The zero-order valence-corrected chi connectivity index (χ0v) is 27.1. The Bertz CT molecular complexity index is 1640. The highest BCUT2D eigenvalue weighted by Crippen LogP contribution is 2.32. The van der Waals surface area contributed by atoms with Crippen molar-refractivity contribution in [3.63, 3.8) is 0 Å². The van der Waals surface area contributed by atoms with E-state index in [2.05, 4.69) is 115 Å². The first-order valence-corrected chi connectivity index (χ1v) is 20.1. The molecular weight excluding hydrogens is 600 g/mol. The highest BCUT2D eigenvalue weighted by Gasteiger charge is 2.67. The molecule has 0 radical (unpaired) electrons. The topological polar surface area (TPSA) is 27.7 Å². The molecular formula is C36H29ClO3Si3. The molecule has 43 heavy (non-hydrogen) atoms. The second kappa shape index (κ2) is 11.7. The summed E-state index contributed by atoms with van der Waals surface area (Å²) in [7, 11) is -10.7. The van der Waals surface area contributed by atoms with Gasteiger partial charge >= 0.3 is 25.7 Å². The van der Waals surface area contributed by atoms with Crippen LogP contribution in [0.3, 0.4) is 0 Å². The number of benzene rings is 6. The fourth-order valence-electron chi connectivity index (χ4n) is 5.87. The minimum atomic E-state index is -3.61. The van der Waals surface area contributed by atoms with Gasteiger partial charge < -0.3 is 12.3 Å². The Morgan fingerprint density at radius 3 is 0.884 bits per heavy atom. The van der Waals surface area contributed by atoms with Gasteiger partial charge in [-0.15, -0.1) is 0 Å². The van der Waals surface area contributed by atoms with Crippen LogP contribution in [0, 0.1) is 0 Å². The van der Waals surface area contributed by atoms with Crippen molar-refractivity contribution in [2.24, 2.45) is 0 Å². The smallest absolute Gasteiger partial charge is 0.391 e. The maximum atomic E-state index is 7.77. The van der Waals surface area contributed by atoms with Crippen molar-refractivity contribution in [1.29, 1.82) is 0 Å². The molecule has 7 heteroatoms. The lowest BCUT2D eigenvalue weighted by atomic mass is 10.4. The SMILES string of the molecule is Clc1ccccc1[Si]1(c2ccccc2)O[Si](c2ccccc2)(c2ccccc2)O[Si](c2ccccc2)(c2ccccc2)O1. The van der Waals surface area contributed by atoms with Crippen LogP contribution in [0.1, 0.15) is 0 Å². The quantitative estimate of drug-likeness (QED) is 0.255. The molecule has 1 aliphatic heterocycles. The van der Waals surface area contributed by atoms with Crippen molar-refractivity contribution in [3.8, 4) is 0 Å². The van der Waals surface area contributed by atoms with Gasteiger partial charge in [0.25, 0.3) is 0 Å². The zero-order chi connectivity index (χ0) is 29.2. The summed E-state index contributed by atoms with van der Waals surface area (Å²) in [6.45, 7) is 0. The van der Waals surface area contributed by atoms with Gasteiger partial charge in [0, 0.05) is 10.2 Å². The third-order valence-electron chi connectivity index (χ3n) is 7.86. The first-order chi connectivity index (χ1) is 21.2. The number of hydrogen-bond acceptors (Lipinski definition) is 3. The van der Waals surface area contributed by atoms with Gasteiger partial charge in [-0.05, 0) is 32.0 Å². The van der Waals surface area contributed by atoms with Crippen LogP contribution in [0.4, 0.5) is 0 Å². The summed E-state index contributed by atoms with van der Waals surface area (Å²) in [6, 6.07) is 60.0. The molecule has 0 spiro atoms. The van der Waals surface area contributed by atoms with Crippen LogP contribution in [0.2, 0.25) is 5.02 Å².